The first-order valence-corrected chi connectivity index (χ1v) is 3.94. The second kappa shape index (κ2) is 3.49. The van der Waals surface area contributed by atoms with Crippen molar-refractivity contribution in [1.82, 2.24) is 0 Å². The van der Waals surface area contributed by atoms with Crippen molar-refractivity contribution in [3.63, 3.8) is 0 Å². The Kier molecular flexibility index (Phi) is 2.91. The van der Waals surface area contributed by atoms with E-state index in [9.17, 15) is 15.3 Å². The average Bonchev–Trinajstić information content (AvgIpc) is 2.09. The Morgan fingerprint density at radius 2 is 1.77 bits per heavy atom. The van der Waals surface area contributed by atoms with Crippen molar-refractivity contribution in [3.05, 3.63) is 0 Å². The largest absolute Gasteiger partial charge is 0.394 e. The van der Waals surface area contributed by atoms with Gasteiger partial charge < -0.3 is 30.3 Å². The van der Waals surface area contributed by atoms with Gasteiger partial charge in [-0.2, -0.15) is 0 Å². The zero-order chi connectivity index (χ0) is 10.2. The molecule has 1 heterocycles. The second-order valence-electron chi connectivity index (χ2n) is 3.36. The molecule has 6 nitrogen and oxygen atoms in total. The Labute approximate surface area is 75.0 Å². The lowest BCUT2D eigenvalue weighted by Gasteiger charge is -2.44. The van der Waals surface area contributed by atoms with Gasteiger partial charge in [-0.25, -0.2) is 0 Å². The van der Waals surface area contributed by atoms with Gasteiger partial charge in [-0.05, 0) is 6.92 Å². The Morgan fingerprint density at radius 3 is 2.23 bits per heavy atom. The lowest BCUT2D eigenvalue weighted by atomic mass is 9.86. The van der Waals surface area contributed by atoms with Gasteiger partial charge in [-0.15, -0.1) is 0 Å². The molecule has 0 bridgehead atoms. The van der Waals surface area contributed by atoms with E-state index in [0.29, 0.717) is 0 Å². The first-order chi connectivity index (χ1) is 5.91. The van der Waals surface area contributed by atoms with E-state index in [1.165, 1.54) is 0 Å². The molecular weight excluding hydrogens is 180 g/mol. The van der Waals surface area contributed by atoms with Crippen LogP contribution in [0.1, 0.15) is 6.92 Å². The molecule has 0 saturated carbocycles. The molecule has 1 rings (SSSR count). The number of rotatable bonds is 1. The third kappa shape index (κ3) is 1.69. The van der Waals surface area contributed by atoms with E-state index in [0.717, 1.165) is 6.92 Å². The zero-order valence-corrected chi connectivity index (χ0v) is 7.16. The minimum atomic E-state index is -1.88. The van der Waals surface area contributed by atoms with Crippen molar-refractivity contribution in [1.29, 1.82) is 0 Å². The van der Waals surface area contributed by atoms with E-state index in [4.69, 9.17) is 10.2 Å². The standard InChI is InChI=1S/C7H14O6/c1-7(12)4(9)3(2-8)13-6(11)5(7)10/h3-6,8-12H,2H2,1H3/t3-,4+,5+,6?,7+/m1/s1. The van der Waals surface area contributed by atoms with Crippen molar-refractivity contribution >= 4 is 0 Å². The van der Waals surface area contributed by atoms with Gasteiger partial charge >= 0.3 is 0 Å². The van der Waals surface area contributed by atoms with Crippen LogP contribution in [0.3, 0.4) is 0 Å². The minimum absolute atomic E-state index is 0.541. The molecule has 1 aliphatic rings. The van der Waals surface area contributed by atoms with Crippen LogP contribution in [0, 0.1) is 0 Å². The van der Waals surface area contributed by atoms with Crippen LogP contribution in [-0.4, -0.2) is 62.3 Å². The fourth-order valence-corrected chi connectivity index (χ4v) is 1.31. The van der Waals surface area contributed by atoms with E-state index in [1.807, 2.05) is 0 Å². The third-order valence-corrected chi connectivity index (χ3v) is 2.31. The maximum atomic E-state index is 9.53. The summed E-state index contributed by atoms with van der Waals surface area (Å²) in [6.45, 7) is 0.623. The number of hydrogen-bond donors (Lipinski definition) is 5. The average molecular weight is 194 g/mol. The lowest BCUT2D eigenvalue weighted by Crippen LogP contribution is -2.65. The van der Waals surface area contributed by atoms with Crippen LogP contribution in [0.15, 0.2) is 0 Å². The van der Waals surface area contributed by atoms with Gasteiger partial charge in [0.05, 0.1) is 6.61 Å². The molecule has 5 N–H and O–H groups in total. The predicted octanol–water partition coefficient (Wildman–Crippen LogP) is -2.83. The van der Waals surface area contributed by atoms with Crippen LogP contribution < -0.4 is 0 Å². The van der Waals surface area contributed by atoms with Crippen molar-refractivity contribution in [2.24, 2.45) is 0 Å². The highest BCUT2D eigenvalue weighted by Gasteiger charge is 2.51. The van der Waals surface area contributed by atoms with Crippen LogP contribution >= 0.6 is 0 Å². The Hall–Kier alpha value is -0.240. The number of hydrogen-bond acceptors (Lipinski definition) is 6. The molecule has 1 aliphatic heterocycles. The summed E-state index contributed by atoms with van der Waals surface area (Å²) in [5.74, 6) is 0. The minimum Gasteiger partial charge on any atom is -0.394 e. The van der Waals surface area contributed by atoms with E-state index >= 15 is 0 Å². The zero-order valence-electron chi connectivity index (χ0n) is 7.16. The van der Waals surface area contributed by atoms with Crippen LogP contribution in [-0.2, 0) is 4.74 Å². The Bertz CT molecular complexity index is 182. The molecule has 0 amide bonds. The van der Waals surface area contributed by atoms with Crippen molar-refractivity contribution < 1.29 is 30.3 Å². The van der Waals surface area contributed by atoms with Gasteiger partial charge in [0.2, 0.25) is 0 Å². The maximum absolute atomic E-state index is 9.53. The molecular formula is C7H14O6. The smallest absolute Gasteiger partial charge is 0.184 e. The Morgan fingerprint density at radius 1 is 1.23 bits per heavy atom. The van der Waals surface area contributed by atoms with E-state index in [2.05, 4.69) is 4.74 Å². The van der Waals surface area contributed by atoms with Crippen LogP contribution in [0.5, 0.6) is 0 Å². The van der Waals surface area contributed by atoms with Crippen LogP contribution in [0.2, 0.25) is 0 Å². The quantitative estimate of drug-likeness (QED) is 0.308. The van der Waals surface area contributed by atoms with E-state index < -0.39 is 36.8 Å². The number of aliphatic hydroxyl groups is 5. The summed E-state index contributed by atoms with van der Waals surface area (Å²) in [4.78, 5) is 0. The highest BCUT2D eigenvalue weighted by molar-refractivity contribution is 4.98. The normalized spacial score (nSPS) is 52.2. The summed E-state index contributed by atoms with van der Waals surface area (Å²) in [5, 5.41) is 45.9. The van der Waals surface area contributed by atoms with Gasteiger partial charge in [-0.1, -0.05) is 0 Å². The van der Waals surface area contributed by atoms with Crippen LogP contribution in [0.4, 0.5) is 0 Å². The molecule has 1 fully saturated rings. The molecule has 0 aliphatic carbocycles. The van der Waals surface area contributed by atoms with Gasteiger partial charge in [0.25, 0.3) is 0 Å². The summed E-state index contributed by atoms with van der Waals surface area (Å²) >= 11 is 0. The molecule has 0 radical (unpaired) electrons. The predicted molar refractivity (Wildman–Crippen MR) is 40.6 cm³/mol. The van der Waals surface area contributed by atoms with Gasteiger partial charge in [0.1, 0.15) is 23.9 Å². The first kappa shape index (κ1) is 10.8. The molecule has 6 heteroatoms. The highest BCUT2D eigenvalue weighted by atomic mass is 16.6. The first-order valence-electron chi connectivity index (χ1n) is 3.94. The van der Waals surface area contributed by atoms with Crippen molar-refractivity contribution in [3.8, 4) is 0 Å². The fourth-order valence-electron chi connectivity index (χ4n) is 1.31. The molecule has 1 saturated heterocycles. The van der Waals surface area contributed by atoms with Crippen LogP contribution in [0.25, 0.3) is 0 Å². The van der Waals surface area contributed by atoms with Gasteiger partial charge in [-0.3, -0.25) is 0 Å². The molecule has 0 spiro atoms. The lowest BCUT2D eigenvalue weighted by molar-refractivity contribution is -0.316. The molecule has 13 heavy (non-hydrogen) atoms. The summed E-state index contributed by atoms with van der Waals surface area (Å²) < 4.78 is 4.64. The molecule has 78 valence electrons. The van der Waals surface area contributed by atoms with Gasteiger partial charge in [0.15, 0.2) is 6.29 Å². The summed E-state index contributed by atoms with van der Waals surface area (Å²) in [5.41, 5.74) is -1.88. The summed E-state index contributed by atoms with van der Waals surface area (Å²) in [6, 6.07) is 0. The molecule has 0 aromatic carbocycles. The maximum Gasteiger partial charge on any atom is 0.184 e. The van der Waals surface area contributed by atoms with Crippen molar-refractivity contribution in [2.75, 3.05) is 6.61 Å². The molecule has 5 atom stereocenters. The highest BCUT2D eigenvalue weighted by Crippen LogP contribution is 2.28. The molecule has 1 unspecified atom stereocenters. The number of aliphatic hydroxyl groups excluding tert-OH is 4. The van der Waals surface area contributed by atoms with E-state index in [1.54, 1.807) is 0 Å². The van der Waals surface area contributed by atoms with E-state index in [-0.39, 0.29) is 0 Å². The Balaban J connectivity index is 2.82. The third-order valence-electron chi connectivity index (χ3n) is 2.31. The van der Waals surface area contributed by atoms with Crippen molar-refractivity contribution in [2.45, 2.75) is 37.1 Å². The molecule has 0 aromatic heterocycles. The topological polar surface area (TPSA) is 110 Å². The summed E-state index contributed by atoms with van der Waals surface area (Å²) in [7, 11) is 0. The SMILES string of the molecule is C[C@@]1(O)[C@@H](O)C(O)O[C@H](CO)[C@@H]1O. The fraction of sp³-hybridized carbons (Fsp3) is 1.00. The second-order valence-corrected chi connectivity index (χ2v) is 3.36. The number of ether oxygens (including phenoxy) is 1. The molecule has 0 aromatic rings. The monoisotopic (exact) mass is 194 g/mol. The summed E-state index contributed by atoms with van der Waals surface area (Å²) in [6.07, 6.45) is -5.72. The van der Waals surface area contributed by atoms with Gasteiger partial charge in [0, 0.05) is 0 Å².